The molecule has 0 aromatic carbocycles. The number of carboxylic acids is 1. The maximum Gasteiger partial charge on any atom is 0.328 e. The lowest BCUT2D eigenvalue weighted by Gasteiger charge is -2.20. The molecular weight excluding hydrogens is 189 g/mol. The molecule has 80 valence electrons. The molecule has 0 aliphatic heterocycles. The second kappa shape index (κ2) is 4.21. The van der Waals surface area contributed by atoms with Crippen LogP contribution in [0.25, 0.3) is 0 Å². The fourth-order valence-corrected chi connectivity index (χ4v) is 0.619. The maximum atomic E-state index is 13.0. The first-order chi connectivity index (χ1) is 6.18. The van der Waals surface area contributed by atoms with Gasteiger partial charge in [0.2, 0.25) is 0 Å². The van der Waals surface area contributed by atoms with Crippen LogP contribution in [0.2, 0.25) is 0 Å². The van der Waals surface area contributed by atoms with E-state index in [1.165, 1.54) is 27.7 Å². The van der Waals surface area contributed by atoms with E-state index in [2.05, 4.69) is 5.32 Å². The molecular formula is C9H14FNO3. The number of amides is 1. The SMILES string of the molecule is CC(C)=C(F)C(=O)NC(C)(C)C(=O)O. The number of hydrogen-bond donors (Lipinski definition) is 2. The summed E-state index contributed by atoms with van der Waals surface area (Å²) in [6.45, 7) is 5.43. The molecule has 5 heteroatoms. The van der Waals surface area contributed by atoms with Gasteiger partial charge in [-0.3, -0.25) is 4.79 Å². The van der Waals surface area contributed by atoms with Crippen molar-refractivity contribution < 1.29 is 19.1 Å². The summed E-state index contributed by atoms with van der Waals surface area (Å²) in [7, 11) is 0. The van der Waals surface area contributed by atoms with Gasteiger partial charge in [-0.05, 0) is 33.3 Å². The third-order valence-electron chi connectivity index (χ3n) is 1.60. The number of halogens is 1. The van der Waals surface area contributed by atoms with E-state index >= 15 is 0 Å². The summed E-state index contributed by atoms with van der Waals surface area (Å²) in [4.78, 5) is 21.7. The first-order valence-corrected chi connectivity index (χ1v) is 4.07. The Balaban J connectivity index is 4.65. The number of carbonyl (C=O) groups excluding carboxylic acids is 1. The van der Waals surface area contributed by atoms with Gasteiger partial charge in [0.15, 0.2) is 5.83 Å². The van der Waals surface area contributed by atoms with Crippen LogP contribution < -0.4 is 5.32 Å². The van der Waals surface area contributed by atoms with Gasteiger partial charge in [0.1, 0.15) is 5.54 Å². The molecule has 14 heavy (non-hydrogen) atoms. The molecule has 0 unspecified atom stereocenters. The quantitative estimate of drug-likeness (QED) is 0.678. The topological polar surface area (TPSA) is 66.4 Å². The summed E-state index contributed by atoms with van der Waals surface area (Å²) < 4.78 is 13.0. The van der Waals surface area contributed by atoms with Crippen LogP contribution >= 0.6 is 0 Å². The molecule has 4 nitrogen and oxygen atoms in total. The van der Waals surface area contributed by atoms with Gasteiger partial charge in [-0.1, -0.05) is 0 Å². The Kier molecular flexibility index (Phi) is 3.80. The smallest absolute Gasteiger partial charge is 0.328 e. The molecule has 2 N–H and O–H groups in total. The zero-order valence-corrected chi connectivity index (χ0v) is 8.64. The zero-order valence-electron chi connectivity index (χ0n) is 8.64. The van der Waals surface area contributed by atoms with Gasteiger partial charge >= 0.3 is 5.97 Å². The van der Waals surface area contributed by atoms with Gasteiger partial charge in [-0.15, -0.1) is 0 Å². The summed E-state index contributed by atoms with van der Waals surface area (Å²) in [5.41, 5.74) is -1.26. The van der Waals surface area contributed by atoms with Crippen molar-refractivity contribution in [3.63, 3.8) is 0 Å². The number of hydrogen-bond acceptors (Lipinski definition) is 2. The normalized spacial score (nSPS) is 10.6. The Labute approximate surface area is 81.8 Å². The van der Waals surface area contributed by atoms with Crippen LogP contribution in [0.15, 0.2) is 11.4 Å². The highest BCUT2D eigenvalue weighted by Crippen LogP contribution is 2.08. The average molecular weight is 203 g/mol. The van der Waals surface area contributed by atoms with Crippen molar-refractivity contribution in [3.8, 4) is 0 Å². The van der Waals surface area contributed by atoms with Crippen LogP contribution in [0.4, 0.5) is 4.39 Å². The molecule has 0 saturated carbocycles. The number of rotatable bonds is 3. The number of allylic oxidation sites excluding steroid dienone is 1. The van der Waals surface area contributed by atoms with E-state index < -0.39 is 23.2 Å². The van der Waals surface area contributed by atoms with Crippen molar-refractivity contribution >= 4 is 11.9 Å². The number of carboxylic acid groups (broad SMARTS) is 1. The van der Waals surface area contributed by atoms with E-state index in [9.17, 15) is 14.0 Å². The molecule has 0 spiro atoms. The Morgan fingerprint density at radius 1 is 1.29 bits per heavy atom. The highest BCUT2D eigenvalue weighted by Gasteiger charge is 2.30. The predicted molar refractivity (Wildman–Crippen MR) is 49.3 cm³/mol. The molecule has 1 amide bonds. The van der Waals surface area contributed by atoms with Crippen molar-refractivity contribution in [2.45, 2.75) is 33.2 Å². The zero-order chi connectivity index (χ0) is 11.5. The summed E-state index contributed by atoms with van der Waals surface area (Å²) in [5, 5.41) is 10.7. The third kappa shape index (κ3) is 3.16. The largest absolute Gasteiger partial charge is 0.480 e. The molecule has 0 bridgehead atoms. The Morgan fingerprint density at radius 2 is 1.71 bits per heavy atom. The molecule has 0 atom stereocenters. The summed E-state index contributed by atoms with van der Waals surface area (Å²) in [5.74, 6) is -3.16. The molecule has 0 aromatic heterocycles. The second-order valence-corrected chi connectivity index (χ2v) is 3.70. The van der Waals surface area contributed by atoms with E-state index in [-0.39, 0.29) is 5.57 Å². The van der Waals surface area contributed by atoms with Crippen molar-refractivity contribution in [1.82, 2.24) is 5.32 Å². The minimum absolute atomic E-state index is 0.212. The second-order valence-electron chi connectivity index (χ2n) is 3.70. The van der Waals surface area contributed by atoms with Gasteiger partial charge in [-0.2, -0.15) is 0 Å². The first kappa shape index (κ1) is 12.6. The number of carbonyl (C=O) groups is 2. The highest BCUT2D eigenvalue weighted by atomic mass is 19.1. The Morgan fingerprint density at radius 3 is 2.00 bits per heavy atom. The minimum atomic E-state index is -1.47. The van der Waals surface area contributed by atoms with Crippen LogP contribution in [-0.2, 0) is 9.59 Å². The van der Waals surface area contributed by atoms with Crippen LogP contribution in [-0.4, -0.2) is 22.5 Å². The molecule has 0 radical (unpaired) electrons. The lowest BCUT2D eigenvalue weighted by atomic mass is 10.1. The lowest BCUT2D eigenvalue weighted by molar-refractivity contribution is -0.145. The van der Waals surface area contributed by atoms with E-state index in [0.29, 0.717) is 0 Å². The van der Waals surface area contributed by atoms with Crippen molar-refractivity contribution in [1.29, 1.82) is 0 Å². The highest BCUT2D eigenvalue weighted by molar-refractivity contribution is 5.95. The van der Waals surface area contributed by atoms with E-state index in [4.69, 9.17) is 5.11 Å². The molecule has 0 fully saturated rings. The summed E-state index contributed by atoms with van der Waals surface area (Å²) >= 11 is 0. The number of nitrogens with one attached hydrogen (secondary N) is 1. The standard InChI is InChI=1S/C9H14FNO3/c1-5(2)6(10)7(12)11-9(3,4)8(13)14/h1-4H3,(H,11,12)(H,13,14). The van der Waals surface area contributed by atoms with Gasteiger partial charge < -0.3 is 10.4 Å². The minimum Gasteiger partial charge on any atom is -0.480 e. The number of aliphatic carboxylic acids is 1. The molecule has 0 saturated heterocycles. The van der Waals surface area contributed by atoms with Crippen LogP contribution in [0.5, 0.6) is 0 Å². The molecule has 0 aliphatic carbocycles. The monoisotopic (exact) mass is 203 g/mol. The van der Waals surface area contributed by atoms with Crippen molar-refractivity contribution in [2.24, 2.45) is 0 Å². The fraction of sp³-hybridized carbons (Fsp3) is 0.556. The Hall–Kier alpha value is -1.39. The summed E-state index contributed by atoms with van der Waals surface area (Å²) in [6, 6.07) is 0. The van der Waals surface area contributed by atoms with Crippen molar-refractivity contribution in [3.05, 3.63) is 11.4 Å². The van der Waals surface area contributed by atoms with Crippen LogP contribution in [0, 0.1) is 0 Å². The maximum absolute atomic E-state index is 13.0. The Bertz CT molecular complexity index is 290. The fourth-order valence-electron chi connectivity index (χ4n) is 0.619. The average Bonchev–Trinajstić information content (AvgIpc) is 2.01. The van der Waals surface area contributed by atoms with Crippen LogP contribution in [0.1, 0.15) is 27.7 Å². The molecule has 0 aliphatic rings. The predicted octanol–water partition coefficient (Wildman–Crippen LogP) is 1.23. The van der Waals surface area contributed by atoms with E-state index in [1.54, 1.807) is 0 Å². The van der Waals surface area contributed by atoms with Gasteiger partial charge in [-0.25, -0.2) is 9.18 Å². The van der Waals surface area contributed by atoms with E-state index in [0.717, 1.165) is 0 Å². The summed E-state index contributed by atoms with van der Waals surface area (Å²) in [6.07, 6.45) is 0. The van der Waals surface area contributed by atoms with Gasteiger partial charge in [0, 0.05) is 0 Å². The molecule has 0 aromatic rings. The van der Waals surface area contributed by atoms with Crippen LogP contribution in [0.3, 0.4) is 0 Å². The van der Waals surface area contributed by atoms with E-state index in [1.807, 2.05) is 0 Å². The molecule has 0 rings (SSSR count). The molecule has 0 heterocycles. The van der Waals surface area contributed by atoms with Crippen molar-refractivity contribution in [2.75, 3.05) is 0 Å². The third-order valence-corrected chi connectivity index (χ3v) is 1.60. The first-order valence-electron chi connectivity index (χ1n) is 4.07. The lowest BCUT2D eigenvalue weighted by Crippen LogP contribution is -2.49. The van der Waals surface area contributed by atoms with Gasteiger partial charge in [0.05, 0.1) is 0 Å². The van der Waals surface area contributed by atoms with Gasteiger partial charge in [0.25, 0.3) is 5.91 Å².